The number of nitrogens with one attached hydrogen (secondary N) is 1. The number of anilines is 1. The van der Waals surface area contributed by atoms with Gasteiger partial charge in [-0.3, -0.25) is 9.59 Å². The molecule has 3 rings (SSSR count). The van der Waals surface area contributed by atoms with Crippen LogP contribution in [0.1, 0.15) is 22.8 Å². The lowest BCUT2D eigenvalue weighted by Gasteiger charge is -2.12. The molecule has 0 bridgehead atoms. The van der Waals surface area contributed by atoms with Crippen LogP contribution in [0.2, 0.25) is 5.02 Å². The van der Waals surface area contributed by atoms with Crippen molar-refractivity contribution in [2.75, 3.05) is 19.5 Å². The molecule has 2 aromatic carbocycles. The molecule has 1 N–H and O–H groups in total. The van der Waals surface area contributed by atoms with E-state index in [4.69, 9.17) is 25.8 Å². The van der Waals surface area contributed by atoms with Gasteiger partial charge < -0.3 is 19.5 Å². The van der Waals surface area contributed by atoms with E-state index in [2.05, 4.69) is 5.32 Å². The Morgan fingerprint density at radius 2 is 1.82 bits per heavy atom. The number of ether oxygens (including phenoxy) is 3. The third-order valence-electron chi connectivity index (χ3n) is 4.13. The summed E-state index contributed by atoms with van der Waals surface area (Å²) in [6, 6.07) is 8.15. The molecule has 28 heavy (non-hydrogen) atoms. The van der Waals surface area contributed by atoms with Crippen molar-refractivity contribution in [1.29, 1.82) is 0 Å². The summed E-state index contributed by atoms with van der Waals surface area (Å²) in [7, 11) is 3.00. The summed E-state index contributed by atoms with van der Waals surface area (Å²) < 4.78 is 16.1. The second-order valence-corrected chi connectivity index (χ2v) is 6.41. The first-order chi connectivity index (χ1) is 13.4. The van der Waals surface area contributed by atoms with Crippen LogP contribution in [-0.2, 0) is 4.79 Å². The molecule has 0 saturated heterocycles. The maximum Gasteiger partial charge on any atom is 0.255 e. The van der Waals surface area contributed by atoms with E-state index >= 15 is 0 Å². The van der Waals surface area contributed by atoms with Crippen LogP contribution in [0.15, 0.2) is 48.2 Å². The SMILES string of the molecule is COc1ccc(C(C)=O)cc1NC(=O)C1=Cc2cc(Cl)cc(OC)c2OC=C1. The summed E-state index contributed by atoms with van der Waals surface area (Å²) in [6.07, 6.45) is 4.57. The Balaban J connectivity index is 1.96. The number of methoxy groups -OCH3 is 2. The largest absolute Gasteiger partial charge is 0.495 e. The predicted octanol–water partition coefficient (Wildman–Crippen LogP) is 4.49. The molecule has 0 radical (unpaired) electrons. The predicted molar refractivity (Wildman–Crippen MR) is 107 cm³/mol. The highest BCUT2D eigenvalue weighted by Gasteiger charge is 2.18. The van der Waals surface area contributed by atoms with Crippen LogP contribution in [0.5, 0.6) is 17.2 Å². The normalized spacial score (nSPS) is 12.2. The van der Waals surface area contributed by atoms with Crippen molar-refractivity contribution in [3.63, 3.8) is 0 Å². The fourth-order valence-corrected chi connectivity index (χ4v) is 2.94. The monoisotopic (exact) mass is 399 g/mol. The quantitative estimate of drug-likeness (QED) is 0.750. The summed E-state index contributed by atoms with van der Waals surface area (Å²) >= 11 is 6.12. The summed E-state index contributed by atoms with van der Waals surface area (Å²) in [5.41, 5.74) is 1.79. The number of amides is 1. The maximum absolute atomic E-state index is 12.8. The van der Waals surface area contributed by atoms with Crippen molar-refractivity contribution in [3.05, 3.63) is 64.4 Å². The number of hydrogen-bond acceptors (Lipinski definition) is 5. The van der Waals surface area contributed by atoms with Gasteiger partial charge in [-0.05, 0) is 43.3 Å². The average molecular weight is 400 g/mol. The van der Waals surface area contributed by atoms with Crippen molar-refractivity contribution in [1.82, 2.24) is 0 Å². The topological polar surface area (TPSA) is 73.9 Å². The number of benzene rings is 2. The standard InChI is InChI=1S/C21H18ClNO5/c1-12(24)13-4-5-18(26-2)17(10-13)23-21(25)14-6-7-28-20-15(8-14)9-16(22)11-19(20)27-3/h4-11H,1-3H3,(H,23,25). The molecule has 0 atom stereocenters. The number of halogens is 1. The van der Waals surface area contributed by atoms with Gasteiger partial charge in [0.1, 0.15) is 5.75 Å². The van der Waals surface area contributed by atoms with E-state index in [9.17, 15) is 9.59 Å². The van der Waals surface area contributed by atoms with E-state index in [0.717, 1.165) is 0 Å². The van der Waals surface area contributed by atoms with Crippen molar-refractivity contribution >= 4 is 35.1 Å². The second kappa shape index (κ2) is 8.19. The van der Waals surface area contributed by atoms with Gasteiger partial charge in [-0.25, -0.2) is 0 Å². The van der Waals surface area contributed by atoms with Crippen molar-refractivity contribution in [2.24, 2.45) is 0 Å². The number of hydrogen-bond donors (Lipinski definition) is 1. The zero-order valence-electron chi connectivity index (χ0n) is 15.5. The first-order valence-corrected chi connectivity index (χ1v) is 8.73. The molecule has 1 aliphatic heterocycles. The van der Waals surface area contributed by atoms with E-state index in [1.54, 1.807) is 36.4 Å². The lowest BCUT2D eigenvalue weighted by atomic mass is 10.1. The Morgan fingerprint density at radius 3 is 2.50 bits per heavy atom. The minimum atomic E-state index is -0.398. The first kappa shape index (κ1) is 19.5. The first-order valence-electron chi connectivity index (χ1n) is 8.35. The Hall–Kier alpha value is -3.25. The summed E-state index contributed by atoms with van der Waals surface area (Å²) in [4.78, 5) is 24.5. The maximum atomic E-state index is 12.8. The summed E-state index contributed by atoms with van der Waals surface area (Å²) in [5.74, 6) is 0.849. The number of carbonyl (C=O) groups is 2. The summed E-state index contributed by atoms with van der Waals surface area (Å²) in [5, 5.41) is 3.22. The van der Waals surface area contributed by atoms with Gasteiger partial charge in [0.2, 0.25) is 0 Å². The van der Waals surface area contributed by atoms with E-state index in [1.165, 1.54) is 33.5 Å². The van der Waals surface area contributed by atoms with Gasteiger partial charge in [-0.2, -0.15) is 0 Å². The molecule has 0 aliphatic carbocycles. The van der Waals surface area contributed by atoms with Gasteiger partial charge in [0.25, 0.3) is 5.91 Å². The molecule has 0 fully saturated rings. The molecular weight excluding hydrogens is 382 g/mol. The van der Waals surface area contributed by atoms with E-state index in [1.807, 2.05) is 0 Å². The van der Waals surface area contributed by atoms with E-state index < -0.39 is 5.91 Å². The smallest absolute Gasteiger partial charge is 0.255 e. The van der Waals surface area contributed by atoms with Gasteiger partial charge >= 0.3 is 0 Å². The zero-order valence-corrected chi connectivity index (χ0v) is 16.3. The third-order valence-corrected chi connectivity index (χ3v) is 4.35. The number of carbonyl (C=O) groups excluding carboxylic acids is 2. The molecule has 1 aliphatic rings. The number of Topliss-reactive ketones (excluding diaryl/α,β-unsaturated/α-hetero) is 1. The number of fused-ring (bicyclic) bond motifs is 1. The molecule has 1 heterocycles. The van der Waals surface area contributed by atoms with Crippen LogP contribution in [-0.4, -0.2) is 25.9 Å². The molecule has 2 aromatic rings. The molecule has 0 aromatic heterocycles. The molecule has 6 nitrogen and oxygen atoms in total. The Kier molecular flexibility index (Phi) is 5.70. The Labute approximate surface area is 167 Å². The molecule has 0 saturated carbocycles. The minimum absolute atomic E-state index is 0.115. The summed E-state index contributed by atoms with van der Waals surface area (Å²) in [6.45, 7) is 1.45. The van der Waals surface area contributed by atoms with Gasteiger partial charge in [-0.1, -0.05) is 11.6 Å². The zero-order chi connectivity index (χ0) is 20.3. The van der Waals surface area contributed by atoms with E-state index in [-0.39, 0.29) is 5.78 Å². The molecule has 144 valence electrons. The van der Waals surface area contributed by atoms with Crippen LogP contribution < -0.4 is 19.5 Å². The average Bonchev–Trinajstić information content (AvgIpc) is 2.89. The Morgan fingerprint density at radius 1 is 1.07 bits per heavy atom. The highest BCUT2D eigenvalue weighted by atomic mass is 35.5. The van der Waals surface area contributed by atoms with Gasteiger partial charge in [0.15, 0.2) is 17.3 Å². The van der Waals surface area contributed by atoms with Crippen LogP contribution >= 0.6 is 11.6 Å². The van der Waals surface area contributed by atoms with E-state index in [0.29, 0.717) is 44.7 Å². The highest BCUT2D eigenvalue weighted by molar-refractivity contribution is 6.31. The van der Waals surface area contributed by atoms with Gasteiger partial charge in [-0.15, -0.1) is 0 Å². The fraction of sp³-hybridized carbons (Fsp3) is 0.143. The van der Waals surface area contributed by atoms with Crippen LogP contribution in [0.4, 0.5) is 5.69 Å². The van der Waals surface area contributed by atoms with Gasteiger partial charge in [0, 0.05) is 27.8 Å². The van der Waals surface area contributed by atoms with Crippen molar-refractivity contribution in [2.45, 2.75) is 6.92 Å². The lowest BCUT2D eigenvalue weighted by molar-refractivity contribution is -0.112. The van der Waals surface area contributed by atoms with Crippen LogP contribution in [0.3, 0.4) is 0 Å². The molecule has 7 heteroatoms. The number of rotatable bonds is 5. The van der Waals surface area contributed by atoms with Crippen LogP contribution in [0.25, 0.3) is 6.08 Å². The van der Waals surface area contributed by atoms with Crippen LogP contribution in [0, 0.1) is 0 Å². The molecule has 0 spiro atoms. The van der Waals surface area contributed by atoms with Crippen molar-refractivity contribution in [3.8, 4) is 17.2 Å². The number of ketones is 1. The molecule has 0 unspecified atom stereocenters. The molecular formula is C21H18ClNO5. The van der Waals surface area contributed by atoms with Crippen molar-refractivity contribution < 1.29 is 23.8 Å². The molecule has 1 amide bonds. The second-order valence-electron chi connectivity index (χ2n) is 5.97. The minimum Gasteiger partial charge on any atom is -0.495 e. The van der Waals surface area contributed by atoms with Gasteiger partial charge in [0.05, 0.1) is 26.2 Å². The Bertz CT molecular complexity index is 1010. The highest BCUT2D eigenvalue weighted by Crippen LogP contribution is 2.37. The fourth-order valence-electron chi connectivity index (χ4n) is 2.73. The lowest BCUT2D eigenvalue weighted by Crippen LogP contribution is -2.14. The third kappa shape index (κ3) is 4.02.